The van der Waals surface area contributed by atoms with Crippen molar-refractivity contribution in [1.29, 1.82) is 0 Å². The normalized spacial score (nSPS) is 11.5. The van der Waals surface area contributed by atoms with Crippen LogP contribution in [0.1, 0.15) is 206 Å². The lowest BCUT2D eigenvalue weighted by molar-refractivity contribution is -0.146. The molecule has 0 aliphatic carbocycles. The smallest absolute Gasteiger partial charge is 0.360 e. The molecule has 0 saturated heterocycles. The highest BCUT2D eigenvalue weighted by atomic mass is 16.8. The number of carbonyl (C=O) groups excluding carboxylic acids is 3. The fraction of sp³-hybridized carbons (Fsp3) is 0.821. The maximum atomic E-state index is 11.9. The molecule has 0 bridgehead atoms. The lowest BCUT2D eigenvalue weighted by Crippen LogP contribution is -2.17. The highest BCUT2D eigenvalue weighted by Crippen LogP contribution is 2.13. The first-order chi connectivity index (χ1) is 21.6. The van der Waals surface area contributed by atoms with Crippen LogP contribution in [0.5, 0.6) is 0 Å². The standard InChI is InChI=1S/C39H70O5/c1-3-5-7-9-11-13-15-17-19-20-22-24-26-28-30-32-34-36-38(41)44-39(42)43-37(40)35-33-31-29-27-25-23-21-18-16-14-12-10-8-6-4-2/h18,20-22H,3-17,19,23-36H2,1-2H3. The second-order valence-corrected chi connectivity index (χ2v) is 12.6. The van der Waals surface area contributed by atoms with Gasteiger partial charge < -0.3 is 9.47 Å². The zero-order valence-electron chi connectivity index (χ0n) is 29.1. The van der Waals surface area contributed by atoms with Gasteiger partial charge in [0.25, 0.3) is 0 Å². The molecule has 5 heteroatoms. The molecule has 0 aromatic carbocycles. The zero-order chi connectivity index (χ0) is 32.2. The molecule has 0 aromatic rings. The van der Waals surface area contributed by atoms with E-state index in [1.807, 2.05) is 0 Å². The van der Waals surface area contributed by atoms with Gasteiger partial charge in [0.2, 0.25) is 0 Å². The number of carbonyl (C=O) groups is 3. The molecule has 0 saturated carbocycles. The number of rotatable bonds is 32. The van der Waals surface area contributed by atoms with E-state index in [4.69, 9.17) is 0 Å². The van der Waals surface area contributed by atoms with Crippen molar-refractivity contribution < 1.29 is 23.9 Å². The van der Waals surface area contributed by atoms with Gasteiger partial charge >= 0.3 is 18.1 Å². The predicted octanol–water partition coefficient (Wildman–Crippen LogP) is 13.0. The molecule has 0 atom stereocenters. The highest BCUT2D eigenvalue weighted by Gasteiger charge is 2.15. The summed E-state index contributed by atoms with van der Waals surface area (Å²) in [4.78, 5) is 35.4. The van der Waals surface area contributed by atoms with Crippen LogP contribution in [0.25, 0.3) is 0 Å². The van der Waals surface area contributed by atoms with Crippen molar-refractivity contribution in [1.82, 2.24) is 0 Å². The van der Waals surface area contributed by atoms with Crippen LogP contribution in [-0.2, 0) is 19.1 Å². The molecule has 256 valence electrons. The minimum Gasteiger partial charge on any atom is -0.360 e. The molecule has 0 N–H and O–H groups in total. The fourth-order valence-corrected chi connectivity index (χ4v) is 5.34. The van der Waals surface area contributed by atoms with E-state index >= 15 is 0 Å². The first-order valence-electron chi connectivity index (χ1n) is 18.8. The molecule has 0 heterocycles. The predicted molar refractivity (Wildman–Crippen MR) is 186 cm³/mol. The summed E-state index contributed by atoms with van der Waals surface area (Å²) >= 11 is 0. The van der Waals surface area contributed by atoms with Gasteiger partial charge in [0.05, 0.1) is 0 Å². The third-order valence-electron chi connectivity index (χ3n) is 8.18. The molecule has 0 aromatic heterocycles. The quantitative estimate of drug-likeness (QED) is 0.0324. The maximum absolute atomic E-state index is 11.9. The fourth-order valence-electron chi connectivity index (χ4n) is 5.34. The molecule has 0 spiro atoms. The summed E-state index contributed by atoms with van der Waals surface area (Å²) in [5.41, 5.74) is 0. The van der Waals surface area contributed by atoms with Gasteiger partial charge in [-0.2, -0.15) is 0 Å². The molecule has 0 unspecified atom stereocenters. The number of hydrogen-bond donors (Lipinski definition) is 0. The van der Waals surface area contributed by atoms with Gasteiger partial charge in [0, 0.05) is 12.8 Å². The number of hydrogen-bond acceptors (Lipinski definition) is 5. The first-order valence-corrected chi connectivity index (χ1v) is 18.8. The number of ether oxygens (including phenoxy) is 2. The van der Waals surface area contributed by atoms with Crippen LogP contribution in [0.3, 0.4) is 0 Å². The van der Waals surface area contributed by atoms with Gasteiger partial charge in [-0.25, -0.2) is 4.79 Å². The van der Waals surface area contributed by atoms with Crippen molar-refractivity contribution >= 4 is 18.1 Å². The molecule has 0 amide bonds. The second kappa shape index (κ2) is 35.6. The second-order valence-electron chi connectivity index (χ2n) is 12.6. The lowest BCUT2D eigenvalue weighted by atomic mass is 10.1. The summed E-state index contributed by atoms with van der Waals surface area (Å²) in [6, 6.07) is 0. The van der Waals surface area contributed by atoms with Crippen LogP contribution in [0.15, 0.2) is 24.3 Å². The van der Waals surface area contributed by atoms with Gasteiger partial charge in [-0.1, -0.05) is 154 Å². The van der Waals surface area contributed by atoms with Crippen LogP contribution in [-0.4, -0.2) is 18.1 Å². The van der Waals surface area contributed by atoms with Gasteiger partial charge in [-0.3, -0.25) is 9.59 Å². The van der Waals surface area contributed by atoms with Gasteiger partial charge in [0.15, 0.2) is 0 Å². The largest absolute Gasteiger partial charge is 0.524 e. The minimum absolute atomic E-state index is 0.176. The van der Waals surface area contributed by atoms with Crippen molar-refractivity contribution in [3.05, 3.63) is 24.3 Å². The third kappa shape index (κ3) is 34.6. The average Bonchev–Trinajstić information content (AvgIpc) is 3.00. The van der Waals surface area contributed by atoms with Crippen LogP contribution in [0, 0.1) is 0 Å². The van der Waals surface area contributed by atoms with Crippen LogP contribution in [0.4, 0.5) is 4.79 Å². The minimum atomic E-state index is -1.19. The monoisotopic (exact) mass is 619 g/mol. The van der Waals surface area contributed by atoms with Crippen LogP contribution >= 0.6 is 0 Å². The van der Waals surface area contributed by atoms with Crippen molar-refractivity contribution in [3.8, 4) is 0 Å². The first kappa shape index (κ1) is 42.1. The topological polar surface area (TPSA) is 69.7 Å². The van der Waals surface area contributed by atoms with Gasteiger partial charge in [-0.05, 0) is 64.2 Å². The van der Waals surface area contributed by atoms with E-state index in [0.717, 1.165) is 51.4 Å². The lowest BCUT2D eigenvalue weighted by Gasteiger charge is -2.04. The van der Waals surface area contributed by atoms with E-state index in [2.05, 4.69) is 47.6 Å². The zero-order valence-corrected chi connectivity index (χ0v) is 29.1. The third-order valence-corrected chi connectivity index (χ3v) is 8.18. The summed E-state index contributed by atoms with van der Waals surface area (Å²) in [5, 5.41) is 0. The van der Waals surface area contributed by atoms with Crippen LogP contribution in [0.2, 0.25) is 0 Å². The van der Waals surface area contributed by atoms with Crippen LogP contribution < -0.4 is 0 Å². The van der Waals surface area contributed by atoms with E-state index in [9.17, 15) is 14.4 Å². The van der Waals surface area contributed by atoms with Gasteiger partial charge in [-0.15, -0.1) is 0 Å². The van der Waals surface area contributed by atoms with E-state index in [1.165, 1.54) is 116 Å². The Balaban J connectivity index is 3.47. The van der Waals surface area contributed by atoms with Gasteiger partial charge in [0.1, 0.15) is 0 Å². The summed E-state index contributed by atoms with van der Waals surface area (Å²) < 4.78 is 9.28. The number of allylic oxidation sites excluding steroid dienone is 4. The SMILES string of the molecule is CCCCCCCCC=CCCCCCCCC(=O)OC(=O)OC(=O)CCCCCCCC=CCCCCCCCCCC. The summed E-state index contributed by atoms with van der Waals surface area (Å²) in [6.07, 6.45) is 42.0. The highest BCUT2D eigenvalue weighted by molar-refractivity contribution is 5.88. The van der Waals surface area contributed by atoms with E-state index in [1.54, 1.807) is 0 Å². The molecule has 44 heavy (non-hydrogen) atoms. The summed E-state index contributed by atoms with van der Waals surface area (Å²) in [7, 11) is 0. The molecule has 0 radical (unpaired) electrons. The Hall–Kier alpha value is -1.91. The van der Waals surface area contributed by atoms with Crippen molar-refractivity contribution in [3.63, 3.8) is 0 Å². The van der Waals surface area contributed by atoms with E-state index in [0.29, 0.717) is 12.8 Å². The Kier molecular flexibility index (Phi) is 34.0. The molecule has 0 aliphatic heterocycles. The Morgan fingerprint density at radius 2 is 0.614 bits per heavy atom. The average molecular weight is 619 g/mol. The molecular weight excluding hydrogens is 548 g/mol. The molecular formula is C39H70O5. The Labute approximate surface area is 272 Å². The molecule has 0 rings (SSSR count). The summed E-state index contributed by atoms with van der Waals surface area (Å²) in [5.74, 6) is -1.24. The van der Waals surface area contributed by atoms with E-state index in [-0.39, 0.29) is 12.8 Å². The number of esters is 2. The van der Waals surface area contributed by atoms with Crippen molar-refractivity contribution in [2.45, 2.75) is 206 Å². The summed E-state index contributed by atoms with van der Waals surface area (Å²) in [6.45, 7) is 4.52. The van der Waals surface area contributed by atoms with Crippen molar-refractivity contribution in [2.24, 2.45) is 0 Å². The van der Waals surface area contributed by atoms with Crippen molar-refractivity contribution in [2.75, 3.05) is 0 Å². The maximum Gasteiger partial charge on any atom is 0.524 e. The Bertz CT molecular complexity index is 711. The van der Waals surface area contributed by atoms with E-state index < -0.39 is 18.1 Å². The molecule has 5 nitrogen and oxygen atoms in total. The number of unbranched alkanes of at least 4 members (excludes halogenated alkanes) is 24. The Morgan fingerprint density at radius 3 is 0.909 bits per heavy atom. The molecule has 0 aliphatic rings. The molecule has 0 fully saturated rings. The Morgan fingerprint density at radius 1 is 0.364 bits per heavy atom.